The minimum absolute atomic E-state index is 0.0294. The molecule has 0 aromatic heterocycles. The highest BCUT2D eigenvalue weighted by atomic mass is 33.1. The number of carbonyl (C=O) groups is 6. The number of nitrogens with one attached hydrogen (secondary N) is 2. The Morgan fingerprint density at radius 1 is 0.310 bits per heavy atom. The van der Waals surface area contributed by atoms with Crippen LogP contribution in [0.1, 0.15) is 349 Å². The van der Waals surface area contributed by atoms with Crippen LogP contribution in [-0.2, 0) is 74.9 Å². The fourth-order valence-corrected chi connectivity index (χ4v) is 14.6. The number of esters is 4. The van der Waals surface area contributed by atoms with Gasteiger partial charge in [0.05, 0.1) is 51.7 Å². The van der Waals surface area contributed by atoms with E-state index in [4.69, 9.17) is 37.0 Å². The summed E-state index contributed by atoms with van der Waals surface area (Å²) in [6, 6.07) is -2.19. The number of phosphoric ester groups is 2. The monoisotopic (exact) mass is 1500 g/mol. The minimum atomic E-state index is -4.84. The Hall–Kier alpha value is -2.34. The summed E-state index contributed by atoms with van der Waals surface area (Å²) in [6.07, 6.45) is 47.3. The van der Waals surface area contributed by atoms with Gasteiger partial charge in [0, 0.05) is 50.0 Å². The van der Waals surface area contributed by atoms with Gasteiger partial charge in [0.25, 0.3) is 0 Å². The van der Waals surface area contributed by atoms with Gasteiger partial charge in [-0.05, 0) is 25.7 Å². The van der Waals surface area contributed by atoms with Crippen molar-refractivity contribution >= 4 is 72.9 Å². The first-order valence-corrected chi connectivity index (χ1v) is 44.9. The van der Waals surface area contributed by atoms with Gasteiger partial charge in [0.2, 0.25) is 11.8 Å². The van der Waals surface area contributed by atoms with Crippen LogP contribution in [0.5, 0.6) is 0 Å². The summed E-state index contributed by atoms with van der Waals surface area (Å²) in [4.78, 5) is 98.0. The molecule has 100 heavy (non-hydrogen) atoms. The van der Waals surface area contributed by atoms with Crippen LogP contribution in [0.2, 0.25) is 0 Å². The van der Waals surface area contributed by atoms with Gasteiger partial charge in [-0.15, -0.1) is 0 Å². The number of aliphatic hydroxyl groups is 2. The molecule has 0 aliphatic rings. The molecule has 0 aliphatic carbocycles. The van der Waals surface area contributed by atoms with Crippen molar-refractivity contribution in [2.75, 3.05) is 64.4 Å². The van der Waals surface area contributed by atoms with Gasteiger partial charge in [-0.2, -0.15) is 0 Å². The summed E-state index contributed by atoms with van der Waals surface area (Å²) in [6.45, 7) is 4.30. The molecular formula is C74H142N2O20P2S2. The zero-order chi connectivity index (χ0) is 73.7. The molecule has 0 rings (SSSR count). The lowest BCUT2D eigenvalue weighted by Crippen LogP contribution is -2.41. The van der Waals surface area contributed by atoms with Crippen molar-refractivity contribution in [3.05, 3.63) is 0 Å². The van der Waals surface area contributed by atoms with Crippen LogP contribution in [0.4, 0.5) is 0 Å². The number of aliphatic hydroxyl groups excluding tert-OH is 2. The Labute approximate surface area is 612 Å². The van der Waals surface area contributed by atoms with Crippen LogP contribution in [0.15, 0.2) is 0 Å². The van der Waals surface area contributed by atoms with E-state index in [1.165, 1.54) is 189 Å². The van der Waals surface area contributed by atoms with Crippen molar-refractivity contribution in [3.8, 4) is 0 Å². The molecule has 0 bridgehead atoms. The standard InChI is InChI=1S/C74H142N2O20P2S2/c1-5-9-13-17-21-25-29-33-37-41-45-49-71(81)89-61-67(95-73(83)51-47-43-39-35-31-27-23-19-15-11-7-3)63-93-97(85,86)91-59-65(57-77)75-69(79)53-55-99-100-56-54-70(80)76-66(58-78)60-92-98(87,88)94-64-68(96-74(84)52-48-44-40-36-32-28-24-20-16-12-8-4)62-90-72(82)50-46-42-38-34-30-26-22-18-14-10-6-2/h65-68,77-78H,5-64H2,1-4H3,(H,75,79)(H,76,80)(H,85,86)(H,87,88)/t65-,66-,67+,68+/m0/s1. The van der Waals surface area contributed by atoms with Crippen molar-refractivity contribution in [2.45, 2.75) is 373 Å². The third-order valence-electron chi connectivity index (χ3n) is 17.2. The fourth-order valence-electron chi connectivity index (χ4n) is 11.0. The molecule has 0 saturated heterocycles. The van der Waals surface area contributed by atoms with E-state index in [9.17, 15) is 57.9 Å². The van der Waals surface area contributed by atoms with Crippen molar-refractivity contribution < 1.29 is 94.9 Å². The maximum Gasteiger partial charge on any atom is 0.472 e. The predicted molar refractivity (Wildman–Crippen MR) is 402 cm³/mol. The molecule has 0 spiro atoms. The minimum Gasteiger partial charge on any atom is -0.462 e. The lowest BCUT2D eigenvalue weighted by Gasteiger charge is -2.21. The highest BCUT2D eigenvalue weighted by Crippen LogP contribution is 2.44. The van der Waals surface area contributed by atoms with E-state index in [1.807, 2.05) is 0 Å². The summed E-state index contributed by atoms with van der Waals surface area (Å²) in [5.74, 6) is -2.51. The van der Waals surface area contributed by atoms with E-state index < -0.39 is 115 Å². The molecule has 26 heteroatoms. The molecule has 0 aromatic rings. The number of rotatable bonds is 77. The van der Waals surface area contributed by atoms with E-state index in [2.05, 4.69) is 38.3 Å². The molecule has 0 saturated carbocycles. The Morgan fingerprint density at radius 3 is 0.770 bits per heavy atom. The van der Waals surface area contributed by atoms with Gasteiger partial charge < -0.3 is 49.6 Å². The van der Waals surface area contributed by atoms with E-state index in [0.717, 1.165) is 89.9 Å². The summed E-state index contributed by atoms with van der Waals surface area (Å²) in [5, 5.41) is 25.0. The Balaban J connectivity index is 5.05. The average Bonchev–Trinajstić information content (AvgIpc) is 0.937. The molecule has 2 unspecified atom stereocenters. The predicted octanol–water partition coefficient (Wildman–Crippen LogP) is 18.1. The van der Waals surface area contributed by atoms with Gasteiger partial charge >= 0.3 is 39.5 Å². The maximum absolute atomic E-state index is 13.0. The van der Waals surface area contributed by atoms with Crippen molar-refractivity contribution in [1.82, 2.24) is 10.6 Å². The van der Waals surface area contributed by atoms with Crippen molar-refractivity contribution in [3.63, 3.8) is 0 Å². The SMILES string of the molecule is CCCCCCCCCCCCCC(=O)OC[C@H](COP(=O)(O)OC[C@H](CO)NC(=O)CCSSCCC(=O)N[C@@H](CO)COP(=O)(O)OC[C@@H](COC(=O)CCCCCCCCCCCCC)OC(=O)CCCCCCCCCCCCC)OC(=O)CCCCCCCCCCCCC. The van der Waals surface area contributed by atoms with Crippen LogP contribution in [0.3, 0.4) is 0 Å². The Morgan fingerprint density at radius 2 is 0.530 bits per heavy atom. The first-order valence-electron chi connectivity index (χ1n) is 39.4. The molecule has 6 N–H and O–H groups in total. The van der Waals surface area contributed by atoms with Gasteiger partial charge in [-0.25, -0.2) is 9.13 Å². The zero-order valence-electron chi connectivity index (χ0n) is 62.8. The number of amides is 2. The molecular weight excluding hydrogens is 1360 g/mol. The van der Waals surface area contributed by atoms with E-state index in [-0.39, 0.29) is 63.2 Å². The second-order valence-electron chi connectivity index (χ2n) is 26.9. The van der Waals surface area contributed by atoms with Gasteiger partial charge in [0.15, 0.2) is 12.2 Å². The van der Waals surface area contributed by atoms with Crippen LogP contribution >= 0.6 is 37.2 Å². The van der Waals surface area contributed by atoms with Gasteiger partial charge in [-0.3, -0.25) is 46.9 Å². The number of hydrogen-bond donors (Lipinski definition) is 6. The number of ether oxygens (including phenoxy) is 4. The van der Waals surface area contributed by atoms with Gasteiger partial charge in [0.1, 0.15) is 13.2 Å². The summed E-state index contributed by atoms with van der Waals surface area (Å²) in [7, 11) is -7.13. The maximum atomic E-state index is 13.0. The Kier molecular flexibility index (Phi) is 69.3. The lowest BCUT2D eigenvalue weighted by atomic mass is 10.1. The number of carbonyl (C=O) groups excluding carboxylic acids is 6. The second-order valence-corrected chi connectivity index (χ2v) is 32.5. The summed E-state index contributed by atoms with van der Waals surface area (Å²) < 4.78 is 68.7. The molecule has 0 heterocycles. The van der Waals surface area contributed by atoms with Crippen LogP contribution in [0, 0.1) is 0 Å². The molecule has 2 amide bonds. The summed E-state index contributed by atoms with van der Waals surface area (Å²) >= 11 is 0. The lowest BCUT2D eigenvalue weighted by molar-refractivity contribution is -0.161. The molecule has 0 radical (unpaired) electrons. The largest absolute Gasteiger partial charge is 0.472 e. The van der Waals surface area contributed by atoms with Crippen molar-refractivity contribution in [1.29, 1.82) is 0 Å². The fraction of sp³-hybridized carbons (Fsp3) is 0.919. The molecule has 22 nitrogen and oxygen atoms in total. The molecule has 0 aromatic carbocycles. The smallest absolute Gasteiger partial charge is 0.462 e. The molecule has 6 atom stereocenters. The van der Waals surface area contributed by atoms with E-state index in [0.29, 0.717) is 25.7 Å². The molecule has 0 aliphatic heterocycles. The number of hydrogen-bond acceptors (Lipinski definition) is 20. The van der Waals surface area contributed by atoms with Crippen LogP contribution in [0.25, 0.3) is 0 Å². The average molecular weight is 1510 g/mol. The molecule has 0 fully saturated rings. The van der Waals surface area contributed by atoms with E-state index >= 15 is 0 Å². The second kappa shape index (κ2) is 70.9. The van der Waals surface area contributed by atoms with Crippen molar-refractivity contribution in [2.24, 2.45) is 0 Å². The third kappa shape index (κ3) is 67.5. The Bertz CT molecular complexity index is 1930. The normalized spacial score (nSPS) is 14.0. The summed E-state index contributed by atoms with van der Waals surface area (Å²) in [5.41, 5.74) is 0. The van der Waals surface area contributed by atoms with Gasteiger partial charge in [-0.1, -0.05) is 306 Å². The quantitative estimate of drug-likeness (QED) is 0.0108. The third-order valence-corrected chi connectivity index (χ3v) is 21.5. The molecule has 590 valence electrons. The topological polar surface area (TPSA) is 315 Å². The first-order chi connectivity index (χ1) is 48.4. The zero-order valence-corrected chi connectivity index (χ0v) is 66.2. The van der Waals surface area contributed by atoms with E-state index in [1.54, 1.807) is 0 Å². The first kappa shape index (κ1) is 97.7. The highest BCUT2D eigenvalue weighted by molar-refractivity contribution is 8.76. The van der Waals surface area contributed by atoms with Crippen LogP contribution < -0.4 is 10.6 Å². The number of unbranched alkanes of at least 4 members (excludes halogenated alkanes) is 40. The number of phosphoric acid groups is 2. The highest BCUT2D eigenvalue weighted by Gasteiger charge is 2.30. The van der Waals surface area contributed by atoms with Crippen LogP contribution in [-0.4, -0.2) is 144 Å².